The summed E-state index contributed by atoms with van der Waals surface area (Å²) in [5.41, 5.74) is -0.790. The van der Waals surface area contributed by atoms with E-state index in [0.29, 0.717) is 36.9 Å². The Bertz CT molecular complexity index is 786. The summed E-state index contributed by atoms with van der Waals surface area (Å²) in [7, 11) is 0. The number of carbonyl (C=O) groups excluding carboxylic acids is 2. The number of piperazine rings is 1. The molecule has 0 unspecified atom stereocenters. The van der Waals surface area contributed by atoms with Crippen molar-refractivity contribution in [2.24, 2.45) is 0 Å². The standard InChI is InChI=1S/C17H17F3N4O2S/c18-17(19,20)12-3-4-14(21-10-12)23-5-7-24(8-6-23)15(25)11-22-16(26)13-2-1-9-27-13/h1-4,9-10H,5-8,11H2,(H,22,26). The van der Waals surface area contributed by atoms with E-state index in [2.05, 4.69) is 10.3 Å². The van der Waals surface area contributed by atoms with Crippen LogP contribution in [-0.2, 0) is 11.0 Å². The Hall–Kier alpha value is -2.62. The van der Waals surface area contributed by atoms with Crippen LogP contribution in [0.4, 0.5) is 19.0 Å². The van der Waals surface area contributed by atoms with Gasteiger partial charge in [0.05, 0.1) is 17.0 Å². The lowest BCUT2D eigenvalue weighted by molar-refractivity contribution is -0.137. The van der Waals surface area contributed by atoms with Crippen molar-refractivity contribution in [3.63, 3.8) is 0 Å². The van der Waals surface area contributed by atoms with E-state index < -0.39 is 11.7 Å². The number of pyridine rings is 1. The molecule has 1 aliphatic heterocycles. The van der Waals surface area contributed by atoms with Crippen LogP contribution in [0.3, 0.4) is 0 Å². The quantitative estimate of drug-likeness (QED) is 0.858. The third-order valence-electron chi connectivity index (χ3n) is 4.18. The molecule has 2 aromatic rings. The Morgan fingerprint density at radius 3 is 2.44 bits per heavy atom. The molecule has 6 nitrogen and oxygen atoms in total. The van der Waals surface area contributed by atoms with Gasteiger partial charge in [0.1, 0.15) is 5.82 Å². The zero-order valence-corrected chi connectivity index (χ0v) is 15.0. The molecule has 0 aromatic carbocycles. The number of nitrogens with one attached hydrogen (secondary N) is 1. The highest BCUT2D eigenvalue weighted by atomic mass is 32.1. The predicted molar refractivity (Wildman–Crippen MR) is 94.7 cm³/mol. The molecule has 27 heavy (non-hydrogen) atoms. The predicted octanol–water partition coefficient (Wildman–Crippen LogP) is 2.24. The summed E-state index contributed by atoms with van der Waals surface area (Å²) in [6.45, 7) is 1.66. The second kappa shape index (κ2) is 7.95. The maximum absolute atomic E-state index is 12.6. The summed E-state index contributed by atoms with van der Waals surface area (Å²) in [6.07, 6.45) is -3.60. The van der Waals surface area contributed by atoms with Gasteiger partial charge in [-0.3, -0.25) is 9.59 Å². The fourth-order valence-electron chi connectivity index (χ4n) is 2.69. The Kier molecular flexibility index (Phi) is 5.64. The fraction of sp³-hybridized carbons (Fsp3) is 0.353. The lowest BCUT2D eigenvalue weighted by atomic mass is 10.2. The van der Waals surface area contributed by atoms with E-state index in [-0.39, 0.29) is 18.4 Å². The number of alkyl halides is 3. The number of carbonyl (C=O) groups is 2. The molecule has 0 bridgehead atoms. The minimum absolute atomic E-state index is 0.0880. The van der Waals surface area contributed by atoms with E-state index in [1.165, 1.54) is 17.4 Å². The summed E-state index contributed by atoms with van der Waals surface area (Å²) < 4.78 is 37.8. The van der Waals surface area contributed by atoms with Crippen LogP contribution in [0.15, 0.2) is 35.8 Å². The van der Waals surface area contributed by atoms with Crippen LogP contribution >= 0.6 is 11.3 Å². The summed E-state index contributed by atoms with van der Waals surface area (Å²) >= 11 is 1.30. The molecule has 1 N–H and O–H groups in total. The number of anilines is 1. The van der Waals surface area contributed by atoms with Crippen molar-refractivity contribution in [1.82, 2.24) is 15.2 Å². The van der Waals surface area contributed by atoms with Gasteiger partial charge in [0, 0.05) is 32.4 Å². The second-order valence-corrected chi connectivity index (χ2v) is 6.88. The summed E-state index contributed by atoms with van der Waals surface area (Å²) in [5, 5.41) is 4.38. The monoisotopic (exact) mass is 398 g/mol. The lowest BCUT2D eigenvalue weighted by Crippen LogP contribution is -2.51. The van der Waals surface area contributed by atoms with Crippen molar-refractivity contribution in [1.29, 1.82) is 0 Å². The SMILES string of the molecule is O=C(NCC(=O)N1CCN(c2ccc(C(F)(F)F)cn2)CC1)c1cccs1. The van der Waals surface area contributed by atoms with Crippen molar-refractivity contribution >= 4 is 29.0 Å². The van der Waals surface area contributed by atoms with Crippen molar-refractivity contribution in [3.8, 4) is 0 Å². The highest BCUT2D eigenvalue weighted by Gasteiger charge is 2.31. The van der Waals surface area contributed by atoms with Crippen LogP contribution in [0.2, 0.25) is 0 Å². The van der Waals surface area contributed by atoms with E-state index >= 15 is 0 Å². The third kappa shape index (κ3) is 4.76. The number of amides is 2. The summed E-state index contributed by atoms with van der Waals surface area (Å²) in [4.78, 5) is 31.9. The molecule has 2 aromatic heterocycles. The molecule has 10 heteroatoms. The highest BCUT2D eigenvalue weighted by molar-refractivity contribution is 7.12. The number of hydrogen-bond donors (Lipinski definition) is 1. The minimum atomic E-state index is -4.41. The van der Waals surface area contributed by atoms with Gasteiger partial charge in [-0.1, -0.05) is 6.07 Å². The molecule has 1 aliphatic rings. The largest absolute Gasteiger partial charge is 0.417 e. The number of aromatic nitrogens is 1. The average molecular weight is 398 g/mol. The summed E-state index contributed by atoms with van der Waals surface area (Å²) in [5.74, 6) is -0.0352. The lowest BCUT2D eigenvalue weighted by Gasteiger charge is -2.35. The number of nitrogens with zero attached hydrogens (tertiary/aromatic N) is 3. The van der Waals surface area contributed by atoms with Gasteiger partial charge in [-0.25, -0.2) is 4.98 Å². The number of halogens is 3. The van der Waals surface area contributed by atoms with E-state index in [9.17, 15) is 22.8 Å². The maximum Gasteiger partial charge on any atom is 0.417 e. The van der Waals surface area contributed by atoms with Crippen LogP contribution in [0.5, 0.6) is 0 Å². The average Bonchev–Trinajstić information content (AvgIpc) is 3.20. The topological polar surface area (TPSA) is 65.5 Å². The smallest absolute Gasteiger partial charge is 0.353 e. The zero-order chi connectivity index (χ0) is 19.4. The van der Waals surface area contributed by atoms with Gasteiger partial charge in [0.25, 0.3) is 5.91 Å². The molecule has 0 radical (unpaired) electrons. The van der Waals surface area contributed by atoms with Crippen molar-refractivity contribution < 1.29 is 22.8 Å². The van der Waals surface area contributed by atoms with Crippen molar-refractivity contribution in [2.75, 3.05) is 37.6 Å². The van der Waals surface area contributed by atoms with Crippen molar-refractivity contribution in [2.45, 2.75) is 6.18 Å². The minimum Gasteiger partial charge on any atom is -0.353 e. The first-order valence-electron chi connectivity index (χ1n) is 8.22. The number of rotatable bonds is 4. The van der Waals surface area contributed by atoms with Crippen LogP contribution in [0.1, 0.15) is 15.2 Å². The third-order valence-corrected chi connectivity index (χ3v) is 5.05. The van der Waals surface area contributed by atoms with Gasteiger partial charge >= 0.3 is 6.18 Å². The molecule has 1 fully saturated rings. The van der Waals surface area contributed by atoms with Crippen LogP contribution < -0.4 is 10.2 Å². The summed E-state index contributed by atoms with van der Waals surface area (Å²) in [6, 6.07) is 5.78. The molecule has 3 heterocycles. The van der Waals surface area contributed by atoms with Gasteiger partial charge in [-0.15, -0.1) is 11.3 Å². The van der Waals surface area contributed by atoms with E-state index in [0.717, 1.165) is 12.3 Å². The molecular weight excluding hydrogens is 381 g/mol. The highest BCUT2D eigenvalue weighted by Crippen LogP contribution is 2.29. The maximum atomic E-state index is 12.6. The van der Waals surface area contributed by atoms with Gasteiger partial charge in [-0.05, 0) is 23.6 Å². The van der Waals surface area contributed by atoms with Gasteiger partial charge < -0.3 is 15.1 Å². The zero-order valence-electron chi connectivity index (χ0n) is 14.2. The molecule has 0 saturated carbocycles. The van der Waals surface area contributed by atoms with Crippen LogP contribution in [0, 0.1) is 0 Å². The Labute approximate surface area is 157 Å². The molecular formula is C17H17F3N4O2S. The van der Waals surface area contributed by atoms with Crippen LogP contribution in [0.25, 0.3) is 0 Å². The molecule has 144 valence electrons. The van der Waals surface area contributed by atoms with E-state index in [4.69, 9.17) is 0 Å². The van der Waals surface area contributed by atoms with Crippen molar-refractivity contribution in [3.05, 3.63) is 46.3 Å². The molecule has 0 spiro atoms. The van der Waals surface area contributed by atoms with Gasteiger partial charge in [0.15, 0.2) is 0 Å². The van der Waals surface area contributed by atoms with Gasteiger partial charge in [-0.2, -0.15) is 13.2 Å². The normalized spacial score (nSPS) is 14.9. The Morgan fingerprint density at radius 2 is 1.89 bits per heavy atom. The molecule has 3 rings (SSSR count). The number of hydrogen-bond acceptors (Lipinski definition) is 5. The number of thiophene rings is 1. The van der Waals surface area contributed by atoms with E-state index in [1.54, 1.807) is 22.4 Å². The first-order chi connectivity index (χ1) is 12.8. The van der Waals surface area contributed by atoms with E-state index in [1.807, 2.05) is 4.90 Å². The first-order valence-corrected chi connectivity index (χ1v) is 9.10. The van der Waals surface area contributed by atoms with Gasteiger partial charge in [0.2, 0.25) is 5.91 Å². The first kappa shape index (κ1) is 19.2. The Balaban J connectivity index is 1.48. The molecule has 0 atom stereocenters. The second-order valence-electron chi connectivity index (χ2n) is 5.93. The fourth-order valence-corrected chi connectivity index (χ4v) is 3.33. The molecule has 0 aliphatic carbocycles. The van der Waals surface area contributed by atoms with Crippen LogP contribution in [-0.4, -0.2) is 54.4 Å². The molecule has 2 amide bonds. The molecule has 1 saturated heterocycles. The Morgan fingerprint density at radius 1 is 1.15 bits per heavy atom.